The molecule has 2 aromatic rings. The van der Waals surface area contributed by atoms with Crippen LogP contribution in [0.3, 0.4) is 0 Å². The molecule has 8 nitrogen and oxygen atoms in total. The van der Waals surface area contributed by atoms with Crippen molar-refractivity contribution in [3.63, 3.8) is 0 Å². The second-order valence-electron chi connectivity index (χ2n) is 7.54. The van der Waals surface area contributed by atoms with Gasteiger partial charge in [-0.05, 0) is 56.9 Å². The van der Waals surface area contributed by atoms with E-state index in [0.29, 0.717) is 25.2 Å². The van der Waals surface area contributed by atoms with Gasteiger partial charge in [0.05, 0.1) is 0 Å². The fraction of sp³-hybridized carbons (Fsp3) is 0.450. The number of amides is 3. The van der Waals surface area contributed by atoms with Crippen LogP contribution in [0.15, 0.2) is 24.3 Å². The zero-order valence-corrected chi connectivity index (χ0v) is 17.7. The molecule has 0 bridgehead atoms. The van der Waals surface area contributed by atoms with Crippen molar-refractivity contribution in [2.45, 2.75) is 39.2 Å². The Morgan fingerprint density at radius 3 is 2.40 bits per heavy atom. The summed E-state index contributed by atoms with van der Waals surface area (Å²) in [5.41, 5.74) is 0.424. The number of nitrogens with zero attached hydrogens (tertiary/aromatic N) is 3. The van der Waals surface area contributed by atoms with E-state index in [4.69, 9.17) is 0 Å². The van der Waals surface area contributed by atoms with Crippen molar-refractivity contribution in [1.29, 1.82) is 0 Å². The summed E-state index contributed by atoms with van der Waals surface area (Å²) in [7, 11) is 0. The van der Waals surface area contributed by atoms with Crippen LogP contribution in [0, 0.1) is 11.7 Å². The number of piperidine rings is 1. The molecule has 1 fully saturated rings. The smallest absolute Gasteiger partial charge is 0.286 e. The van der Waals surface area contributed by atoms with E-state index in [1.54, 1.807) is 4.90 Å². The average molecular weight is 434 g/mol. The van der Waals surface area contributed by atoms with Crippen molar-refractivity contribution < 1.29 is 18.8 Å². The van der Waals surface area contributed by atoms with E-state index in [9.17, 15) is 18.8 Å². The van der Waals surface area contributed by atoms with Crippen molar-refractivity contribution >= 4 is 34.7 Å². The first-order valence-corrected chi connectivity index (χ1v) is 10.6. The van der Waals surface area contributed by atoms with Crippen molar-refractivity contribution in [2.24, 2.45) is 5.92 Å². The standard InChI is InChI=1S/C20H24FN5O3S/c1-12(2)22-16(27)11-13-7-9-26(10-8-13)20(29)19-25-24-18(30-19)17(28)23-15-5-3-14(21)4-6-15/h3-6,12-13H,7-11H2,1-2H3,(H,22,27)(H,23,28). The highest BCUT2D eigenvalue weighted by Crippen LogP contribution is 2.23. The first-order valence-electron chi connectivity index (χ1n) is 9.81. The molecule has 2 heterocycles. The van der Waals surface area contributed by atoms with Crippen molar-refractivity contribution in [3.8, 4) is 0 Å². The molecular weight excluding hydrogens is 409 g/mol. The largest absolute Gasteiger partial charge is 0.354 e. The lowest BCUT2D eigenvalue weighted by Crippen LogP contribution is -2.40. The van der Waals surface area contributed by atoms with Crippen LogP contribution < -0.4 is 10.6 Å². The molecule has 0 aliphatic carbocycles. The van der Waals surface area contributed by atoms with Gasteiger partial charge >= 0.3 is 0 Å². The minimum absolute atomic E-state index is 0.0377. The lowest BCUT2D eigenvalue weighted by atomic mass is 9.93. The van der Waals surface area contributed by atoms with Crippen molar-refractivity contribution in [3.05, 3.63) is 40.1 Å². The molecule has 1 saturated heterocycles. The van der Waals surface area contributed by atoms with Gasteiger partial charge in [-0.15, -0.1) is 10.2 Å². The first kappa shape index (κ1) is 21.8. The minimum Gasteiger partial charge on any atom is -0.354 e. The summed E-state index contributed by atoms with van der Waals surface area (Å²) in [6, 6.07) is 5.46. The van der Waals surface area contributed by atoms with Crippen LogP contribution in [0.25, 0.3) is 0 Å². The molecule has 0 unspecified atom stereocenters. The Kier molecular flexibility index (Phi) is 7.09. The number of rotatable bonds is 6. The minimum atomic E-state index is -0.506. The second kappa shape index (κ2) is 9.75. The maximum Gasteiger partial charge on any atom is 0.286 e. The van der Waals surface area contributed by atoms with Gasteiger partial charge in [0, 0.05) is 31.2 Å². The van der Waals surface area contributed by atoms with Crippen LogP contribution in [0.1, 0.15) is 52.7 Å². The van der Waals surface area contributed by atoms with Gasteiger partial charge in [0.15, 0.2) is 0 Å². The molecule has 160 valence electrons. The molecular formula is C20H24FN5O3S. The number of aromatic nitrogens is 2. The number of halogens is 1. The number of benzene rings is 1. The van der Waals surface area contributed by atoms with Crippen LogP contribution in [0.2, 0.25) is 0 Å². The van der Waals surface area contributed by atoms with E-state index in [2.05, 4.69) is 20.8 Å². The summed E-state index contributed by atoms with van der Waals surface area (Å²) in [5.74, 6) is -0.887. The van der Waals surface area contributed by atoms with Gasteiger partial charge in [-0.1, -0.05) is 11.3 Å². The maximum absolute atomic E-state index is 13.0. The lowest BCUT2D eigenvalue weighted by molar-refractivity contribution is -0.122. The summed E-state index contributed by atoms with van der Waals surface area (Å²) in [5, 5.41) is 13.4. The van der Waals surface area contributed by atoms with Crippen molar-refractivity contribution in [2.75, 3.05) is 18.4 Å². The number of nitrogens with one attached hydrogen (secondary N) is 2. The fourth-order valence-corrected chi connectivity index (χ4v) is 3.94. The van der Waals surface area contributed by atoms with Gasteiger partial charge in [-0.2, -0.15) is 0 Å². The van der Waals surface area contributed by atoms with Crippen LogP contribution in [-0.2, 0) is 4.79 Å². The predicted molar refractivity (Wildman–Crippen MR) is 111 cm³/mol. The van der Waals surface area contributed by atoms with Crippen LogP contribution in [0.4, 0.5) is 10.1 Å². The summed E-state index contributed by atoms with van der Waals surface area (Å²) < 4.78 is 13.0. The molecule has 0 saturated carbocycles. The molecule has 3 rings (SSSR count). The SMILES string of the molecule is CC(C)NC(=O)CC1CCN(C(=O)c2nnc(C(=O)Nc3ccc(F)cc3)s2)CC1. The normalized spacial score (nSPS) is 14.6. The molecule has 1 aromatic carbocycles. The Balaban J connectivity index is 1.52. The lowest BCUT2D eigenvalue weighted by Gasteiger charge is -2.31. The monoisotopic (exact) mass is 433 g/mol. The van der Waals surface area contributed by atoms with Crippen LogP contribution in [0.5, 0.6) is 0 Å². The molecule has 0 spiro atoms. The third kappa shape index (κ3) is 5.82. The quantitative estimate of drug-likeness (QED) is 0.729. The van der Waals surface area contributed by atoms with Crippen LogP contribution >= 0.6 is 11.3 Å². The van der Waals surface area contributed by atoms with Gasteiger partial charge in [0.25, 0.3) is 11.8 Å². The van der Waals surface area contributed by atoms with Gasteiger partial charge in [0.2, 0.25) is 15.9 Å². The van der Waals surface area contributed by atoms with Crippen LogP contribution in [-0.4, -0.2) is 52.0 Å². The second-order valence-corrected chi connectivity index (χ2v) is 8.51. The van der Waals surface area contributed by atoms with E-state index >= 15 is 0 Å². The average Bonchev–Trinajstić information content (AvgIpc) is 3.19. The van der Waals surface area contributed by atoms with Gasteiger partial charge in [0.1, 0.15) is 5.82 Å². The third-order valence-corrected chi connectivity index (χ3v) is 5.64. The Morgan fingerprint density at radius 1 is 1.13 bits per heavy atom. The fourth-order valence-electron chi connectivity index (χ4n) is 3.24. The number of carbonyl (C=O) groups excluding carboxylic acids is 3. The van der Waals surface area contributed by atoms with E-state index in [1.807, 2.05) is 13.8 Å². The van der Waals surface area contributed by atoms with E-state index in [0.717, 1.165) is 24.2 Å². The third-order valence-electron chi connectivity index (χ3n) is 4.73. The summed E-state index contributed by atoms with van der Waals surface area (Å²) in [4.78, 5) is 38.5. The number of likely N-dealkylation sites (tertiary alicyclic amines) is 1. The Labute approximate surface area is 177 Å². The molecule has 30 heavy (non-hydrogen) atoms. The van der Waals surface area contributed by atoms with E-state index < -0.39 is 11.7 Å². The molecule has 1 aliphatic rings. The summed E-state index contributed by atoms with van der Waals surface area (Å²) >= 11 is 0.920. The highest BCUT2D eigenvalue weighted by Gasteiger charge is 2.28. The Bertz CT molecular complexity index is 907. The first-order chi connectivity index (χ1) is 14.3. The van der Waals surface area contributed by atoms with E-state index in [1.165, 1.54) is 24.3 Å². The van der Waals surface area contributed by atoms with Crippen molar-refractivity contribution in [1.82, 2.24) is 20.4 Å². The molecule has 0 radical (unpaired) electrons. The Hall–Kier alpha value is -2.88. The molecule has 2 N–H and O–H groups in total. The van der Waals surface area contributed by atoms with Gasteiger partial charge in [-0.25, -0.2) is 4.39 Å². The zero-order valence-electron chi connectivity index (χ0n) is 16.9. The zero-order chi connectivity index (χ0) is 21.7. The Morgan fingerprint density at radius 2 is 1.77 bits per heavy atom. The number of hydrogen-bond acceptors (Lipinski definition) is 6. The van der Waals surface area contributed by atoms with Gasteiger partial charge in [-0.3, -0.25) is 14.4 Å². The number of carbonyl (C=O) groups is 3. The number of hydrogen-bond donors (Lipinski definition) is 2. The maximum atomic E-state index is 13.0. The molecule has 3 amide bonds. The summed E-state index contributed by atoms with van der Waals surface area (Å²) in [6.07, 6.45) is 1.95. The predicted octanol–water partition coefficient (Wildman–Crippen LogP) is 2.70. The molecule has 1 aliphatic heterocycles. The van der Waals surface area contributed by atoms with E-state index in [-0.39, 0.29) is 33.8 Å². The molecule has 0 atom stereocenters. The number of anilines is 1. The highest BCUT2D eigenvalue weighted by atomic mass is 32.1. The highest BCUT2D eigenvalue weighted by molar-refractivity contribution is 7.15. The summed E-state index contributed by atoms with van der Waals surface area (Å²) in [6.45, 7) is 4.93. The molecule has 1 aromatic heterocycles. The topological polar surface area (TPSA) is 104 Å². The van der Waals surface area contributed by atoms with Gasteiger partial charge < -0.3 is 15.5 Å². The molecule has 10 heteroatoms.